The van der Waals surface area contributed by atoms with Gasteiger partial charge in [-0.3, -0.25) is 9.59 Å². The van der Waals surface area contributed by atoms with Crippen molar-refractivity contribution in [1.29, 1.82) is 0 Å². The highest BCUT2D eigenvalue weighted by Crippen LogP contribution is 2.16. The number of aryl methyl sites for hydroxylation is 1. The van der Waals surface area contributed by atoms with Crippen LogP contribution in [0.2, 0.25) is 0 Å². The Labute approximate surface area is 142 Å². The predicted molar refractivity (Wildman–Crippen MR) is 93.9 cm³/mol. The average Bonchev–Trinajstić information content (AvgIpc) is 2.55. The second-order valence-corrected chi connectivity index (χ2v) is 5.73. The smallest absolute Gasteiger partial charge is 0.260 e. The normalized spacial score (nSPS) is 10.1. The molecule has 0 aliphatic carbocycles. The number of nitrogens with one attached hydrogen (secondary N) is 1. The van der Waals surface area contributed by atoms with Crippen molar-refractivity contribution < 1.29 is 14.3 Å². The molecule has 0 saturated heterocycles. The minimum atomic E-state index is -0.128. The fourth-order valence-corrected chi connectivity index (χ4v) is 2.15. The molecule has 2 aromatic rings. The number of rotatable bonds is 6. The van der Waals surface area contributed by atoms with Gasteiger partial charge in [0.2, 0.25) is 5.91 Å². The summed E-state index contributed by atoms with van der Waals surface area (Å²) in [5.74, 6) is 0.360. The van der Waals surface area contributed by atoms with E-state index in [0.29, 0.717) is 18.0 Å². The number of hydrogen-bond donors (Lipinski definition) is 1. The van der Waals surface area contributed by atoms with Gasteiger partial charge >= 0.3 is 0 Å². The highest BCUT2D eigenvalue weighted by Gasteiger charge is 2.10. The average molecular weight is 326 g/mol. The zero-order valence-electron chi connectivity index (χ0n) is 14.2. The molecule has 0 bridgehead atoms. The minimum absolute atomic E-state index is 0.0259. The van der Waals surface area contributed by atoms with Crippen LogP contribution in [0, 0.1) is 6.92 Å². The van der Waals surface area contributed by atoms with Gasteiger partial charge in [-0.15, -0.1) is 0 Å². The van der Waals surface area contributed by atoms with Crippen molar-refractivity contribution in [2.24, 2.45) is 0 Å². The summed E-state index contributed by atoms with van der Waals surface area (Å²) >= 11 is 0. The lowest BCUT2D eigenvalue weighted by Gasteiger charge is -2.17. The Hall–Kier alpha value is -2.82. The highest BCUT2D eigenvalue weighted by atomic mass is 16.5. The Kier molecular flexibility index (Phi) is 5.95. The van der Waals surface area contributed by atoms with Gasteiger partial charge in [0.25, 0.3) is 5.91 Å². The molecule has 5 nitrogen and oxygen atoms in total. The van der Waals surface area contributed by atoms with Crippen molar-refractivity contribution >= 4 is 17.5 Å². The minimum Gasteiger partial charge on any atom is -0.484 e. The van der Waals surface area contributed by atoms with Crippen LogP contribution in [-0.4, -0.2) is 30.4 Å². The number of amides is 2. The van der Waals surface area contributed by atoms with Crippen molar-refractivity contribution in [3.05, 3.63) is 59.7 Å². The van der Waals surface area contributed by atoms with Crippen LogP contribution in [0.25, 0.3) is 0 Å². The molecule has 0 aliphatic heterocycles. The molecule has 0 aliphatic rings. The number of anilines is 1. The number of ether oxygens (including phenoxy) is 1. The van der Waals surface area contributed by atoms with Gasteiger partial charge < -0.3 is 15.0 Å². The maximum atomic E-state index is 12.1. The molecule has 0 atom stereocenters. The first-order chi connectivity index (χ1) is 11.4. The molecule has 24 heavy (non-hydrogen) atoms. The van der Waals surface area contributed by atoms with Crippen molar-refractivity contribution in [2.75, 3.05) is 19.0 Å². The maximum Gasteiger partial charge on any atom is 0.260 e. The number of benzene rings is 2. The molecule has 0 spiro atoms. The van der Waals surface area contributed by atoms with Crippen LogP contribution in [0.1, 0.15) is 18.1 Å². The summed E-state index contributed by atoms with van der Waals surface area (Å²) in [5, 5.41) is 2.68. The van der Waals surface area contributed by atoms with Gasteiger partial charge in [-0.25, -0.2) is 0 Å². The zero-order chi connectivity index (χ0) is 17.5. The Morgan fingerprint density at radius 3 is 2.25 bits per heavy atom. The van der Waals surface area contributed by atoms with Gasteiger partial charge in [-0.05, 0) is 36.8 Å². The third kappa shape index (κ3) is 5.43. The second kappa shape index (κ2) is 8.15. The molecule has 0 saturated carbocycles. The van der Waals surface area contributed by atoms with Crippen LogP contribution in [0.3, 0.4) is 0 Å². The van der Waals surface area contributed by atoms with E-state index in [9.17, 15) is 9.59 Å². The number of carbonyl (C=O) groups excluding carboxylic acids is 2. The summed E-state index contributed by atoms with van der Waals surface area (Å²) in [6.45, 7) is 4.00. The summed E-state index contributed by atoms with van der Waals surface area (Å²) < 4.78 is 5.50. The summed E-state index contributed by atoms with van der Waals surface area (Å²) in [5.41, 5.74) is 2.97. The number of nitrogens with zero attached hydrogens (tertiary/aromatic N) is 1. The van der Waals surface area contributed by atoms with Crippen LogP contribution >= 0.6 is 0 Å². The van der Waals surface area contributed by atoms with Crippen LogP contribution in [-0.2, 0) is 16.1 Å². The fourth-order valence-electron chi connectivity index (χ4n) is 2.15. The van der Waals surface area contributed by atoms with Gasteiger partial charge in [0.05, 0.1) is 0 Å². The third-order valence-electron chi connectivity index (χ3n) is 3.50. The molecule has 0 heterocycles. The fraction of sp³-hybridized carbons (Fsp3) is 0.263. The van der Waals surface area contributed by atoms with Crippen LogP contribution in [0.4, 0.5) is 5.69 Å². The van der Waals surface area contributed by atoms with Crippen molar-refractivity contribution in [1.82, 2.24) is 4.90 Å². The second-order valence-electron chi connectivity index (χ2n) is 5.73. The molecule has 0 fully saturated rings. The molecule has 1 N–H and O–H groups in total. The summed E-state index contributed by atoms with van der Waals surface area (Å²) in [6.07, 6.45) is 0. The summed E-state index contributed by atoms with van der Waals surface area (Å²) in [4.78, 5) is 24.7. The molecular weight excluding hydrogens is 304 g/mol. The van der Waals surface area contributed by atoms with E-state index in [1.54, 1.807) is 36.2 Å². The molecule has 0 unspecified atom stereocenters. The molecule has 2 aromatic carbocycles. The first kappa shape index (κ1) is 17.5. The molecular formula is C19H22N2O3. The van der Waals surface area contributed by atoms with E-state index in [1.165, 1.54) is 12.5 Å². The van der Waals surface area contributed by atoms with Crippen molar-refractivity contribution in [3.63, 3.8) is 0 Å². The van der Waals surface area contributed by atoms with E-state index >= 15 is 0 Å². The van der Waals surface area contributed by atoms with Gasteiger partial charge in [0.15, 0.2) is 6.61 Å². The SMILES string of the molecule is CC(=O)Nc1ccc(OCC(=O)N(C)Cc2ccc(C)cc2)cc1. The molecule has 126 valence electrons. The van der Waals surface area contributed by atoms with Gasteiger partial charge in [0, 0.05) is 26.2 Å². The first-order valence-electron chi connectivity index (χ1n) is 7.74. The van der Waals surface area contributed by atoms with Crippen LogP contribution in [0.5, 0.6) is 5.75 Å². The van der Waals surface area contributed by atoms with Crippen LogP contribution < -0.4 is 10.1 Å². The largest absolute Gasteiger partial charge is 0.484 e. The highest BCUT2D eigenvalue weighted by molar-refractivity contribution is 5.88. The van der Waals surface area contributed by atoms with E-state index in [-0.39, 0.29) is 18.4 Å². The standard InChI is InChI=1S/C19H22N2O3/c1-14-4-6-16(7-5-14)12-21(3)19(23)13-24-18-10-8-17(9-11-18)20-15(2)22/h4-11H,12-13H2,1-3H3,(H,20,22). The Morgan fingerprint density at radius 1 is 1.04 bits per heavy atom. The quantitative estimate of drug-likeness (QED) is 0.888. The molecule has 0 aromatic heterocycles. The Bertz CT molecular complexity index is 694. The summed E-state index contributed by atoms with van der Waals surface area (Å²) in [7, 11) is 1.76. The van der Waals surface area contributed by atoms with E-state index in [0.717, 1.165) is 5.56 Å². The molecule has 5 heteroatoms. The number of carbonyl (C=O) groups is 2. The lowest BCUT2D eigenvalue weighted by Crippen LogP contribution is -2.30. The van der Waals surface area contributed by atoms with E-state index in [2.05, 4.69) is 5.32 Å². The first-order valence-corrected chi connectivity index (χ1v) is 7.74. The van der Waals surface area contributed by atoms with Gasteiger partial charge in [0.1, 0.15) is 5.75 Å². The molecule has 2 rings (SSSR count). The lowest BCUT2D eigenvalue weighted by molar-refractivity contribution is -0.132. The Balaban J connectivity index is 1.83. The van der Waals surface area contributed by atoms with Gasteiger partial charge in [-0.1, -0.05) is 29.8 Å². The maximum absolute atomic E-state index is 12.1. The van der Waals surface area contributed by atoms with Gasteiger partial charge in [-0.2, -0.15) is 0 Å². The summed E-state index contributed by atoms with van der Waals surface area (Å²) in [6, 6.07) is 15.0. The molecule has 2 amide bonds. The monoisotopic (exact) mass is 326 g/mol. The topological polar surface area (TPSA) is 58.6 Å². The number of likely N-dealkylation sites (N-methyl/N-ethyl adjacent to an activating group) is 1. The van der Waals surface area contributed by atoms with E-state index in [1.807, 2.05) is 31.2 Å². The zero-order valence-corrected chi connectivity index (χ0v) is 14.2. The lowest BCUT2D eigenvalue weighted by atomic mass is 10.1. The third-order valence-corrected chi connectivity index (χ3v) is 3.50. The van der Waals surface area contributed by atoms with Crippen molar-refractivity contribution in [2.45, 2.75) is 20.4 Å². The van der Waals surface area contributed by atoms with Crippen molar-refractivity contribution in [3.8, 4) is 5.75 Å². The molecule has 0 radical (unpaired) electrons. The Morgan fingerprint density at radius 2 is 1.67 bits per heavy atom. The predicted octanol–water partition coefficient (Wildman–Crippen LogP) is 2.99. The van der Waals surface area contributed by atoms with E-state index in [4.69, 9.17) is 4.74 Å². The van der Waals surface area contributed by atoms with E-state index < -0.39 is 0 Å². The number of hydrogen-bond acceptors (Lipinski definition) is 3. The van der Waals surface area contributed by atoms with Crippen LogP contribution in [0.15, 0.2) is 48.5 Å².